The molecule has 2 saturated heterocycles. The molecule has 4 N–H and O–H groups in total. The van der Waals surface area contributed by atoms with Crippen LogP contribution in [0.5, 0.6) is 0 Å². The lowest BCUT2D eigenvalue weighted by Gasteiger charge is -2.29. The van der Waals surface area contributed by atoms with Gasteiger partial charge in [0.05, 0.1) is 0 Å². The molecule has 0 radical (unpaired) electrons. The van der Waals surface area contributed by atoms with Gasteiger partial charge in [0.1, 0.15) is 24.2 Å². The van der Waals surface area contributed by atoms with Crippen LogP contribution in [0.3, 0.4) is 0 Å². The van der Waals surface area contributed by atoms with Crippen molar-refractivity contribution in [1.29, 1.82) is 0 Å². The molecule has 0 spiro atoms. The molecule has 0 aromatic heterocycles. The fourth-order valence-corrected chi connectivity index (χ4v) is 7.37. The van der Waals surface area contributed by atoms with Gasteiger partial charge in [-0.05, 0) is 72.2 Å². The van der Waals surface area contributed by atoms with E-state index in [2.05, 4.69) is 21.3 Å². The maximum atomic E-state index is 13.9. The van der Waals surface area contributed by atoms with E-state index in [1.54, 1.807) is 86.0 Å². The summed E-state index contributed by atoms with van der Waals surface area (Å²) >= 11 is 0. The highest BCUT2D eigenvalue weighted by atomic mass is 16.2. The number of nitrogens with one attached hydrogen (secondary N) is 4. The minimum atomic E-state index is -0.896. The smallest absolute Gasteiger partial charge is 0.250 e. The first kappa shape index (κ1) is 41.3. The van der Waals surface area contributed by atoms with Gasteiger partial charge in [-0.1, -0.05) is 113 Å². The van der Waals surface area contributed by atoms with Gasteiger partial charge in [-0.2, -0.15) is 0 Å². The first-order valence-corrected chi connectivity index (χ1v) is 20.0. The summed E-state index contributed by atoms with van der Waals surface area (Å²) < 4.78 is 0. The van der Waals surface area contributed by atoms with Crippen LogP contribution in [0.15, 0.2) is 109 Å². The zero-order valence-electron chi connectivity index (χ0n) is 33.4. The van der Waals surface area contributed by atoms with Crippen LogP contribution in [0.2, 0.25) is 0 Å². The van der Waals surface area contributed by atoms with Crippen molar-refractivity contribution >= 4 is 46.8 Å². The Morgan fingerprint density at radius 2 is 0.845 bits per heavy atom. The second-order valence-electron chi connectivity index (χ2n) is 15.5. The molecule has 58 heavy (non-hydrogen) atoms. The Labute approximate surface area is 339 Å². The molecule has 12 heteroatoms. The van der Waals surface area contributed by atoms with E-state index in [1.807, 2.05) is 60.7 Å². The van der Waals surface area contributed by atoms with Crippen molar-refractivity contribution in [3.05, 3.63) is 120 Å². The minimum Gasteiger partial charge on any atom is -0.340 e. The minimum absolute atomic E-state index is 0.242. The van der Waals surface area contributed by atoms with E-state index in [-0.39, 0.29) is 47.3 Å². The van der Waals surface area contributed by atoms with Crippen LogP contribution >= 0.6 is 0 Å². The number of carbonyl (C=O) groups is 6. The number of hydrogen-bond acceptors (Lipinski definition) is 6. The zero-order valence-corrected chi connectivity index (χ0v) is 33.4. The first-order chi connectivity index (χ1) is 27.9. The van der Waals surface area contributed by atoms with Gasteiger partial charge >= 0.3 is 0 Å². The third kappa shape index (κ3) is 9.79. The van der Waals surface area contributed by atoms with Crippen LogP contribution in [0.25, 0.3) is 11.1 Å². The van der Waals surface area contributed by atoms with Crippen molar-refractivity contribution < 1.29 is 28.8 Å². The number of anilines is 2. The summed E-state index contributed by atoms with van der Waals surface area (Å²) in [6.45, 7) is 7.91. The molecule has 12 nitrogen and oxygen atoms in total. The highest BCUT2D eigenvalue weighted by Crippen LogP contribution is 2.29. The summed E-state index contributed by atoms with van der Waals surface area (Å²) in [5.41, 5.74) is 4.27. The molecule has 2 fully saturated rings. The van der Waals surface area contributed by atoms with Gasteiger partial charge in [0.2, 0.25) is 35.4 Å². The summed E-state index contributed by atoms with van der Waals surface area (Å²) in [7, 11) is 0. The molecule has 4 atom stereocenters. The van der Waals surface area contributed by atoms with E-state index in [0.717, 1.165) is 11.1 Å². The SMILES string of the molecule is CC(C)C(=O)N[C@@H](C(=O)N1CCC[C@H]1C(=O)Nc1ccc(-c2ccc(NC(=O)[C@@H]3CCCN3C(=O)[C@H](NC(=O)C(C)C)c3ccccc3)cc2)cc1)c1ccccc1. The molecule has 4 aromatic carbocycles. The van der Waals surface area contributed by atoms with E-state index in [9.17, 15) is 28.8 Å². The second-order valence-corrected chi connectivity index (χ2v) is 15.5. The lowest BCUT2D eigenvalue weighted by Crippen LogP contribution is -2.49. The summed E-state index contributed by atoms with van der Waals surface area (Å²) in [5, 5.41) is 11.7. The van der Waals surface area contributed by atoms with Crippen LogP contribution in [-0.2, 0) is 28.8 Å². The molecular formula is C46H52N6O6. The van der Waals surface area contributed by atoms with Gasteiger partial charge in [-0.15, -0.1) is 0 Å². The van der Waals surface area contributed by atoms with Crippen molar-refractivity contribution in [1.82, 2.24) is 20.4 Å². The Morgan fingerprint density at radius 3 is 1.17 bits per heavy atom. The van der Waals surface area contributed by atoms with Crippen molar-refractivity contribution in [2.45, 2.75) is 77.5 Å². The molecule has 2 heterocycles. The van der Waals surface area contributed by atoms with Gasteiger partial charge in [0.25, 0.3) is 0 Å². The Kier molecular flexibility index (Phi) is 13.4. The summed E-state index contributed by atoms with van der Waals surface area (Å²) in [4.78, 5) is 83.3. The fourth-order valence-electron chi connectivity index (χ4n) is 7.37. The normalized spacial score (nSPS) is 17.4. The Morgan fingerprint density at radius 1 is 0.500 bits per heavy atom. The average Bonchev–Trinajstić information content (AvgIpc) is 3.94. The lowest BCUT2D eigenvalue weighted by molar-refractivity contribution is -0.140. The van der Waals surface area contributed by atoms with E-state index in [4.69, 9.17) is 0 Å². The molecule has 0 bridgehead atoms. The number of carbonyl (C=O) groups excluding carboxylic acids is 6. The highest BCUT2D eigenvalue weighted by Gasteiger charge is 2.40. The molecule has 0 unspecified atom stereocenters. The molecule has 302 valence electrons. The number of likely N-dealkylation sites (tertiary alicyclic amines) is 2. The van der Waals surface area contributed by atoms with E-state index in [0.29, 0.717) is 61.3 Å². The third-order valence-corrected chi connectivity index (χ3v) is 10.7. The van der Waals surface area contributed by atoms with E-state index < -0.39 is 24.2 Å². The molecule has 6 rings (SSSR count). The maximum Gasteiger partial charge on any atom is 0.250 e. The average molecular weight is 785 g/mol. The standard InChI is InChI=1S/C46H52N6O6/c1-29(2)41(53)49-39(33-13-7-5-8-14-33)45(57)51-27-11-17-37(51)43(55)47-35-23-19-31(20-24-35)32-21-25-36(26-22-32)48-44(56)38-18-12-28-52(38)46(58)40(50-42(54)30(3)4)34-15-9-6-10-16-34/h5-10,13-16,19-26,29-30,37-40H,11-12,17-18,27-28H2,1-4H3,(H,47,55)(H,48,56)(H,49,53)(H,50,54)/t37-,38-,39+,40+/m0/s1. The van der Waals surface area contributed by atoms with Crippen molar-refractivity contribution in [3.8, 4) is 11.1 Å². The van der Waals surface area contributed by atoms with Gasteiger partial charge in [0, 0.05) is 36.3 Å². The van der Waals surface area contributed by atoms with Gasteiger partial charge in [-0.25, -0.2) is 0 Å². The molecule has 2 aliphatic heterocycles. The topological polar surface area (TPSA) is 157 Å². The van der Waals surface area contributed by atoms with E-state index >= 15 is 0 Å². The van der Waals surface area contributed by atoms with Gasteiger partial charge in [-0.3, -0.25) is 28.8 Å². The molecule has 6 amide bonds. The quantitative estimate of drug-likeness (QED) is 0.126. The number of benzene rings is 4. The number of nitrogens with zero attached hydrogens (tertiary/aromatic N) is 2. The zero-order chi connectivity index (χ0) is 41.3. The van der Waals surface area contributed by atoms with Crippen molar-refractivity contribution in [2.75, 3.05) is 23.7 Å². The fraction of sp³-hybridized carbons (Fsp3) is 0.348. The van der Waals surface area contributed by atoms with E-state index in [1.165, 1.54) is 0 Å². The Balaban J connectivity index is 1.06. The van der Waals surface area contributed by atoms with Crippen molar-refractivity contribution in [3.63, 3.8) is 0 Å². The molecule has 0 aliphatic carbocycles. The second kappa shape index (κ2) is 18.8. The van der Waals surface area contributed by atoms with Crippen LogP contribution in [-0.4, -0.2) is 70.4 Å². The summed E-state index contributed by atoms with van der Waals surface area (Å²) in [5.74, 6) is -2.31. The van der Waals surface area contributed by atoms with Gasteiger partial charge in [0.15, 0.2) is 0 Å². The highest BCUT2D eigenvalue weighted by molar-refractivity contribution is 6.00. The predicted molar refractivity (Wildman–Crippen MR) is 223 cm³/mol. The Hall–Kier alpha value is -6.30. The van der Waals surface area contributed by atoms with Crippen LogP contribution in [0, 0.1) is 11.8 Å². The van der Waals surface area contributed by atoms with Crippen molar-refractivity contribution in [2.24, 2.45) is 11.8 Å². The first-order valence-electron chi connectivity index (χ1n) is 20.0. The predicted octanol–water partition coefficient (Wildman–Crippen LogP) is 6.24. The largest absolute Gasteiger partial charge is 0.340 e. The summed E-state index contributed by atoms with van der Waals surface area (Å²) in [6, 6.07) is 29.8. The van der Waals surface area contributed by atoms with Crippen LogP contribution in [0.4, 0.5) is 11.4 Å². The Bertz CT molecular complexity index is 1940. The van der Waals surface area contributed by atoms with Crippen LogP contribution in [0.1, 0.15) is 76.6 Å². The van der Waals surface area contributed by atoms with Gasteiger partial charge < -0.3 is 31.1 Å². The summed E-state index contributed by atoms with van der Waals surface area (Å²) in [6.07, 6.45) is 2.36. The number of amides is 6. The monoisotopic (exact) mass is 784 g/mol. The number of hydrogen-bond donors (Lipinski definition) is 4. The molecule has 2 aliphatic rings. The molecular weight excluding hydrogens is 733 g/mol. The lowest BCUT2D eigenvalue weighted by atomic mass is 10.0. The maximum absolute atomic E-state index is 13.9. The van der Waals surface area contributed by atoms with Crippen LogP contribution < -0.4 is 21.3 Å². The molecule has 4 aromatic rings. The molecule has 0 saturated carbocycles. The third-order valence-electron chi connectivity index (χ3n) is 10.7. The number of rotatable bonds is 13.